The Hall–Kier alpha value is -1.58. The Morgan fingerprint density at radius 1 is 1.38 bits per heavy atom. The van der Waals surface area contributed by atoms with E-state index in [0.717, 1.165) is 12.3 Å². The van der Waals surface area contributed by atoms with Crippen molar-refractivity contribution >= 4 is 5.91 Å². The second-order valence-corrected chi connectivity index (χ2v) is 6.24. The van der Waals surface area contributed by atoms with E-state index in [1.54, 1.807) is 18.2 Å². The maximum Gasteiger partial charge on any atom is 0.261 e. The molecule has 2 aliphatic rings. The largest absolute Gasteiger partial charge is 0.478 e. The van der Waals surface area contributed by atoms with E-state index in [1.165, 1.54) is 25.3 Å². The van der Waals surface area contributed by atoms with Gasteiger partial charge in [-0.3, -0.25) is 4.79 Å². The Kier molecular flexibility index (Phi) is 4.13. The van der Waals surface area contributed by atoms with Crippen LogP contribution in [0.1, 0.15) is 39.0 Å². The number of rotatable bonds is 5. The average molecular weight is 291 g/mol. The van der Waals surface area contributed by atoms with E-state index in [9.17, 15) is 9.18 Å². The van der Waals surface area contributed by atoms with Crippen LogP contribution in [0.25, 0.3) is 0 Å². The van der Waals surface area contributed by atoms with Crippen LogP contribution in [0.15, 0.2) is 24.3 Å². The molecule has 1 aromatic carbocycles. The molecule has 21 heavy (non-hydrogen) atoms. The fourth-order valence-electron chi connectivity index (χ4n) is 3.71. The number of para-hydroxylation sites is 1. The predicted molar refractivity (Wildman–Crippen MR) is 78.5 cm³/mol. The van der Waals surface area contributed by atoms with Crippen LogP contribution >= 0.6 is 0 Å². The molecule has 0 aromatic heterocycles. The Morgan fingerprint density at radius 2 is 2.19 bits per heavy atom. The number of nitrogens with one attached hydrogen (secondary N) is 1. The first-order valence-electron chi connectivity index (χ1n) is 7.89. The zero-order valence-electron chi connectivity index (χ0n) is 12.3. The molecule has 3 rings (SSSR count). The summed E-state index contributed by atoms with van der Waals surface area (Å²) in [7, 11) is 0. The summed E-state index contributed by atoms with van der Waals surface area (Å²) in [5.41, 5.74) is 0. The topological polar surface area (TPSA) is 38.3 Å². The van der Waals surface area contributed by atoms with Gasteiger partial charge in [-0.05, 0) is 49.7 Å². The van der Waals surface area contributed by atoms with Crippen molar-refractivity contribution in [1.82, 2.24) is 5.32 Å². The van der Waals surface area contributed by atoms with Crippen molar-refractivity contribution < 1.29 is 13.9 Å². The molecule has 1 aromatic rings. The van der Waals surface area contributed by atoms with Crippen LogP contribution in [0.5, 0.6) is 5.75 Å². The molecule has 0 aliphatic heterocycles. The van der Waals surface area contributed by atoms with Gasteiger partial charge in [-0.15, -0.1) is 0 Å². The maximum atomic E-state index is 13.6. The lowest BCUT2D eigenvalue weighted by Gasteiger charge is -2.25. The first-order chi connectivity index (χ1) is 10.2. The van der Waals surface area contributed by atoms with Gasteiger partial charge in [-0.1, -0.05) is 25.5 Å². The Balaban J connectivity index is 1.60. The third kappa shape index (κ3) is 3.04. The molecule has 0 heterocycles. The Bertz CT molecular complexity index is 519. The average Bonchev–Trinajstić information content (AvgIpc) is 3.09. The summed E-state index contributed by atoms with van der Waals surface area (Å²) in [6.07, 6.45) is 4.77. The van der Waals surface area contributed by atoms with Gasteiger partial charge in [-0.2, -0.15) is 0 Å². The highest BCUT2D eigenvalue weighted by Crippen LogP contribution is 2.44. The van der Waals surface area contributed by atoms with Gasteiger partial charge in [0.15, 0.2) is 17.7 Å². The Morgan fingerprint density at radius 3 is 2.81 bits per heavy atom. The van der Waals surface area contributed by atoms with Crippen molar-refractivity contribution in [1.29, 1.82) is 0 Å². The standard InChI is InChI=1S/C17H22FNO2/c1-2-15(21-16-6-4-3-5-13(16)18)17(20)19-14-10-11-7-8-12(14)9-11/h3-6,11-12,14-15H,2,7-10H2,1H3,(H,19,20)/t11-,12-,14-,15+/m1/s1. The van der Waals surface area contributed by atoms with E-state index >= 15 is 0 Å². The summed E-state index contributed by atoms with van der Waals surface area (Å²) in [6, 6.07) is 6.50. The zero-order valence-corrected chi connectivity index (χ0v) is 12.3. The fraction of sp³-hybridized carbons (Fsp3) is 0.588. The molecule has 2 bridgehead atoms. The van der Waals surface area contributed by atoms with Crippen LogP contribution in [0.3, 0.4) is 0 Å². The van der Waals surface area contributed by atoms with E-state index in [-0.39, 0.29) is 17.7 Å². The third-order valence-electron chi connectivity index (χ3n) is 4.83. The highest BCUT2D eigenvalue weighted by Gasteiger charge is 2.40. The van der Waals surface area contributed by atoms with Gasteiger partial charge < -0.3 is 10.1 Å². The van der Waals surface area contributed by atoms with Gasteiger partial charge >= 0.3 is 0 Å². The summed E-state index contributed by atoms with van der Waals surface area (Å²) in [5.74, 6) is 1.02. The molecule has 1 amide bonds. The number of hydrogen-bond acceptors (Lipinski definition) is 2. The second kappa shape index (κ2) is 6.04. The highest BCUT2D eigenvalue weighted by molar-refractivity contribution is 5.81. The van der Waals surface area contributed by atoms with Crippen LogP contribution in [0, 0.1) is 17.7 Å². The molecule has 0 saturated heterocycles. The van der Waals surface area contributed by atoms with E-state index in [1.807, 2.05) is 6.92 Å². The normalized spacial score (nSPS) is 28.4. The van der Waals surface area contributed by atoms with E-state index in [4.69, 9.17) is 4.74 Å². The minimum Gasteiger partial charge on any atom is -0.478 e. The molecule has 0 radical (unpaired) electrons. The number of hydrogen-bond donors (Lipinski definition) is 1. The first-order valence-corrected chi connectivity index (χ1v) is 7.89. The number of carbonyl (C=O) groups excluding carboxylic acids is 1. The summed E-state index contributed by atoms with van der Waals surface area (Å²) in [6.45, 7) is 1.88. The van der Waals surface area contributed by atoms with Crippen molar-refractivity contribution in [2.45, 2.75) is 51.2 Å². The summed E-state index contributed by atoms with van der Waals surface area (Å²) in [4.78, 5) is 12.4. The summed E-state index contributed by atoms with van der Waals surface area (Å²) < 4.78 is 19.2. The van der Waals surface area contributed by atoms with Gasteiger partial charge in [0.05, 0.1) is 0 Å². The van der Waals surface area contributed by atoms with E-state index in [2.05, 4.69) is 5.32 Å². The molecule has 114 valence electrons. The van der Waals surface area contributed by atoms with Crippen LogP contribution in [-0.2, 0) is 4.79 Å². The number of fused-ring (bicyclic) bond motifs is 2. The van der Waals surface area contributed by atoms with E-state index in [0.29, 0.717) is 12.3 Å². The van der Waals surface area contributed by atoms with Crippen LogP contribution in [0.4, 0.5) is 4.39 Å². The minimum absolute atomic E-state index is 0.113. The smallest absolute Gasteiger partial charge is 0.261 e. The molecule has 2 saturated carbocycles. The lowest BCUT2D eigenvalue weighted by atomic mass is 9.95. The number of halogens is 1. The molecule has 1 N–H and O–H groups in total. The number of amides is 1. The Labute approximate surface area is 124 Å². The van der Waals surface area contributed by atoms with E-state index < -0.39 is 11.9 Å². The molecular weight excluding hydrogens is 269 g/mol. The first kappa shape index (κ1) is 14.4. The van der Waals surface area contributed by atoms with Crippen molar-refractivity contribution in [3.63, 3.8) is 0 Å². The van der Waals surface area contributed by atoms with Crippen LogP contribution in [-0.4, -0.2) is 18.1 Å². The zero-order chi connectivity index (χ0) is 14.8. The second-order valence-electron chi connectivity index (χ2n) is 6.24. The third-order valence-corrected chi connectivity index (χ3v) is 4.83. The minimum atomic E-state index is -0.624. The molecule has 0 spiro atoms. The van der Waals surface area contributed by atoms with Crippen molar-refractivity contribution in [3.05, 3.63) is 30.1 Å². The highest BCUT2D eigenvalue weighted by atomic mass is 19.1. The van der Waals surface area contributed by atoms with Crippen molar-refractivity contribution in [3.8, 4) is 5.75 Å². The number of ether oxygens (including phenoxy) is 1. The molecule has 2 aliphatic carbocycles. The lowest BCUT2D eigenvalue weighted by molar-refractivity contribution is -0.129. The quantitative estimate of drug-likeness (QED) is 0.904. The molecule has 4 heteroatoms. The van der Waals surface area contributed by atoms with Crippen molar-refractivity contribution in [2.24, 2.45) is 11.8 Å². The van der Waals surface area contributed by atoms with Gasteiger partial charge in [0.25, 0.3) is 5.91 Å². The molecular formula is C17H22FNO2. The lowest BCUT2D eigenvalue weighted by Crippen LogP contribution is -2.45. The van der Waals surface area contributed by atoms with Gasteiger partial charge in [-0.25, -0.2) is 4.39 Å². The molecule has 4 atom stereocenters. The van der Waals surface area contributed by atoms with Gasteiger partial charge in [0.2, 0.25) is 0 Å². The van der Waals surface area contributed by atoms with Crippen LogP contribution in [0.2, 0.25) is 0 Å². The van der Waals surface area contributed by atoms with Crippen LogP contribution < -0.4 is 10.1 Å². The van der Waals surface area contributed by atoms with Gasteiger partial charge in [0, 0.05) is 6.04 Å². The summed E-state index contributed by atoms with van der Waals surface area (Å²) >= 11 is 0. The molecule has 0 unspecified atom stereocenters. The summed E-state index contributed by atoms with van der Waals surface area (Å²) in [5, 5.41) is 3.11. The number of benzene rings is 1. The fourth-order valence-corrected chi connectivity index (χ4v) is 3.71. The predicted octanol–water partition coefficient (Wildman–Crippen LogP) is 3.29. The maximum absolute atomic E-state index is 13.6. The molecule has 2 fully saturated rings. The number of carbonyl (C=O) groups is 1. The SMILES string of the molecule is CC[C@H](Oc1ccccc1F)C(=O)N[C@@H]1C[C@@H]2CC[C@@H]1C2. The van der Waals surface area contributed by atoms with Crippen molar-refractivity contribution in [2.75, 3.05) is 0 Å². The van der Waals surface area contributed by atoms with Gasteiger partial charge in [0.1, 0.15) is 0 Å². The molecule has 3 nitrogen and oxygen atoms in total. The monoisotopic (exact) mass is 291 g/mol.